The van der Waals surface area contributed by atoms with Gasteiger partial charge in [0.2, 0.25) is 0 Å². The molecular formula is C58H38N2S. The fourth-order valence-electron chi connectivity index (χ4n) is 9.38. The maximum absolute atomic E-state index is 2.42. The summed E-state index contributed by atoms with van der Waals surface area (Å²) in [6.07, 6.45) is 0. The Morgan fingerprint density at radius 1 is 0.344 bits per heavy atom. The van der Waals surface area contributed by atoms with Crippen molar-refractivity contribution in [1.29, 1.82) is 0 Å². The molecule has 0 fully saturated rings. The van der Waals surface area contributed by atoms with Gasteiger partial charge in [-0.2, -0.15) is 0 Å². The van der Waals surface area contributed by atoms with E-state index in [1.807, 2.05) is 11.3 Å². The third kappa shape index (κ3) is 5.93. The lowest BCUT2D eigenvalue weighted by atomic mass is 9.95. The highest BCUT2D eigenvalue weighted by atomic mass is 32.1. The second-order valence-electron chi connectivity index (χ2n) is 15.7. The Balaban J connectivity index is 0.999. The summed E-state index contributed by atoms with van der Waals surface area (Å²) < 4.78 is 5.00. The van der Waals surface area contributed by atoms with Gasteiger partial charge in [0.15, 0.2) is 0 Å². The lowest BCUT2D eigenvalue weighted by Crippen LogP contribution is -2.11. The van der Waals surface area contributed by atoms with E-state index in [2.05, 4.69) is 240 Å². The van der Waals surface area contributed by atoms with Gasteiger partial charge in [-0.05, 0) is 99.8 Å². The number of anilines is 3. The van der Waals surface area contributed by atoms with Crippen LogP contribution in [0.15, 0.2) is 231 Å². The van der Waals surface area contributed by atoms with Gasteiger partial charge in [-0.15, -0.1) is 11.3 Å². The summed E-state index contributed by atoms with van der Waals surface area (Å²) in [6, 6.07) is 84.1. The van der Waals surface area contributed by atoms with E-state index in [0.29, 0.717) is 0 Å². The summed E-state index contributed by atoms with van der Waals surface area (Å²) >= 11 is 1.88. The molecule has 0 aliphatic carbocycles. The number of benzene rings is 10. The molecule has 0 radical (unpaired) electrons. The molecule has 0 spiro atoms. The van der Waals surface area contributed by atoms with Crippen molar-refractivity contribution in [3.8, 4) is 39.1 Å². The summed E-state index contributed by atoms with van der Waals surface area (Å²) in [5, 5.41) is 7.64. The summed E-state index contributed by atoms with van der Waals surface area (Å²) in [7, 11) is 0. The summed E-state index contributed by atoms with van der Waals surface area (Å²) in [5.74, 6) is 0. The molecule has 61 heavy (non-hydrogen) atoms. The van der Waals surface area contributed by atoms with Gasteiger partial charge in [-0.3, -0.25) is 0 Å². The molecule has 0 aliphatic heterocycles. The Morgan fingerprint density at radius 2 is 0.885 bits per heavy atom. The van der Waals surface area contributed by atoms with Gasteiger partial charge in [0, 0.05) is 59.1 Å². The maximum atomic E-state index is 2.42. The highest BCUT2D eigenvalue weighted by Gasteiger charge is 2.21. The number of rotatable bonds is 7. The predicted molar refractivity (Wildman–Crippen MR) is 262 cm³/mol. The zero-order valence-corrected chi connectivity index (χ0v) is 34.1. The Hall–Kier alpha value is -7.72. The average molecular weight is 795 g/mol. The first-order valence-electron chi connectivity index (χ1n) is 20.8. The van der Waals surface area contributed by atoms with Crippen LogP contribution in [0, 0.1) is 0 Å². The van der Waals surface area contributed by atoms with E-state index < -0.39 is 0 Å². The molecule has 0 atom stereocenters. The van der Waals surface area contributed by atoms with Gasteiger partial charge in [0.05, 0.1) is 16.7 Å². The van der Waals surface area contributed by atoms with Gasteiger partial charge >= 0.3 is 0 Å². The first-order valence-corrected chi connectivity index (χ1v) is 21.7. The number of fused-ring (bicyclic) bond motifs is 7. The molecule has 0 saturated carbocycles. The fourth-order valence-corrected chi connectivity index (χ4v) is 10.6. The minimum atomic E-state index is 1.09. The van der Waals surface area contributed by atoms with Crippen LogP contribution in [-0.4, -0.2) is 4.57 Å². The molecule has 0 bridgehead atoms. The average Bonchev–Trinajstić information content (AvgIpc) is 3.88. The van der Waals surface area contributed by atoms with Crippen molar-refractivity contribution >= 4 is 81.1 Å². The molecule has 2 nitrogen and oxygen atoms in total. The maximum Gasteiger partial charge on any atom is 0.0541 e. The molecule has 0 N–H and O–H groups in total. The third-order valence-electron chi connectivity index (χ3n) is 12.2. The van der Waals surface area contributed by atoms with Gasteiger partial charge in [0.25, 0.3) is 0 Å². The second-order valence-corrected chi connectivity index (χ2v) is 16.7. The van der Waals surface area contributed by atoms with Crippen LogP contribution >= 0.6 is 11.3 Å². The van der Waals surface area contributed by atoms with Crippen LogP contribution in [-0.2, 0) is 0 Å². The number of nitrogens with zero attached hydrogens (tertiary/aromatic N) is 2. The Morgan fingerprint density at radius 3 is 1.67 bits per heavy atom. The van der Waals surface area contributed by atoms with Gasteiger partial charge < -0.3 is 9.47 Å². The van der Waals surface area contributed by atoms with Crippen molar-refractivity contribution in [2.24, 2.45) is 0 Å². The van der Waals surface area contributed by atoms with E-state index in [1.165, 1.54) is 86.1 Å². The molecular weight excluding hydrogens is 757 g/mol. The standard InChI is InChI=1S/C58H38N2S/c1-2-18-46-40(14-1)15-12-23-47(46)42-17-11-16-41(38-42)39-30-32-43(33-31-39)59(44-34-36-45(37-35-44)60-55-27-8-3-19-48(55)49-20-4-9-28-56(49)60)54-26-7-5-21-50(54)52-24-13-25-53-51-22-6-10-29-57(51)61-58(52)53/h1-38H. The van der Waals surface area contributed by atoms with E-state index in [-0.39, 0.29) is 0 Å². The minimum absolute atomic E-state index is 1.09. The lowest BCUT2D eigenvalue weighted by molar-refractivity contribution is 1.17. The van der Waals surface area contributed by atoms with Crippen LogP contribution in [0.25, 0.3) is 91.8 Å². The molecule has 0 amide bonds. The number of aromatic nitrogens is 1. The van der Waals surface area contributed by atoms with Gasteiger partial charge in [-0.1, -0.05) is 164 Å². The Kier molecular flexibility index (Phi) is 8.39. The van der Waals surface area contributed by atoms with Crippen molar-refractivity contribution in [2.45, 2.75) is 0 Å². The fraction of sp³-hybridized carbons (Fsp3) is 0. The molecule has 10 aromatic carbocycles. The van der Waals surface area contributed by atoms with Crippen LogP contribution in [0.4, 0.5) is 17.1 Å². The van der Waals surface area contributed by atoms with E-state index in [0.717, 1.165) is 22.7 Å². The summed E-state index contributed by atoms with van der Waals surface area (Å²) in [6.45, 7) is 0. The van der Waals surface area contributed by atoms with Crippen molar-refractivity contribution in [2.75, 3.05) is 4.90 Å². The zero-order chi connectivity index (χ0) is 40.3. The number of hydrogen-bond acceptors (Lipinski definition) is 2. The molecule has 12 rings (SSSR count). The van der Waals surface area contributed by atoms with Crippen LogP contribution < -0.4 is 4.90 Å². The van der Waals surface area contributed by atoms with Crippen molar-refractivity contribution in [3.63, 3.8) is 0 Å². The Labute approximate surface area is 358 Å². The molecule has 0 aliphatic rings. The number of para-hydroxylation sites is 3. The molecule has 3 heteroatoms. The van der Waals surface area contributed by atoms with Crippen LogP contribution in [0.2, 0.25) is 0 Å². The summed E-state index contributed by atoms with van der Waals surface area (Å²) in [5.41, 5.74) is 14.1. The highest BCUT2D eigenvalue weighted by molar-refractivity contribution is 7.26. The van der Waals surface area contributed by atoms with E-state index in [4.69, 9.17) is 0 Å². The Bertz CT molecular complexity index is 3530. The van der Waals surface area contributed by atoms with E-state index >= 15 is 0 Å². The van der Waals surface area contributed by atoms with Gasteiger partial charge in [0.1, 0.15) is 0 Å². The first kappa shape index (κ1) is 35.2. The minimum Gasteiger partial charge on any atom is -0.310 e. The molecule has 0 saturated heterocycles. The monoisotopic (exact) mass is 794 g/mol. The predicted octanol–water partition coefficient (Wildman–Crippen LogP) is 16.8. The van der Waals surface area contributed by atoms with E-state index in [1.54, 1.807) is 0 Å². The zero-order valence-electron chi connectivity index (χ0n) is 33.2. The summed E-state index contributed by atoms with van der Waals surface area (Å²) in [4.78, 5) is 2.42. The normalized spacial score (nSPS) is 11.6. The third-order valence-corrected chi connectivity index (χ3v) is 13.4. The highest BCUT2D eigenvalue weighted by Crippen LogP contribution is 2.46. The molecule has 2 heterocycles. The van der Waals surface area contributed by atoms with Crippen molar-refractivity contribution < 1.29 is 0 Å². The molecule has 0 unspecified atom stereocenters. The topological polar surface area (TPSA) is 8.17 Å². The second kappa shape index (κ2) is 14.5. The largest absolute Gasteiger partial charge is 0.310 e. The molecule has 286 valence electrons. The van der Waals surface area contributed by atoms with Crippen LogP contribution in [0.1, 0.15) is 0 Å². The van der Waals surface area contributed by atoms with Crippen LogP contribution in [0.5, 0.6) is 0 Å². The van der Waals surface area contributed by atoms with Crippen molar-refractivity contribution in [3.05, 3.63) is 231 Å². The molecule has 2 aromatic heterocycles. The van der Waals surface area contributed by atoms with E-state index in [9.17, 15) is 0 Å². The lowest BCUT2D eigenvalue weighted by Gasteiger charge is -2.28. The number of hydrogen-bond donors (Lipinski definition) is 0. The smallest absolute Gasteiger partial charge is 0.0541 e. The van der Waals surface area contributed by atoms with Gasteiger partial charge in [-0.25, -0.2) is 0 Å². The SMILES string of the molecule is c1cc(-c2ccc(N(c3ccc(-n4c5ccccc5c5ccccc54)cc3)c3ccccc3-c3cccc4c3sc3ccccc34)cc2)cc(-c2cccc3ccccc23)c1. The van der Waals surface area contributed by atoms with Crippen LogP contribution in [0.3, 0.4) is 0 Å². The number of thiophene rings is 1. The van der Waals surface area contributed by atoms with Crippen molar-refractivity contribution in [1.82, 2.24) is 4.57 Å². The quantitative estimate of drug-likeness (QED) is 0.156. The first-order chi connectivity index (χ1) is 30.3. The molecule has 12 aromatic rings.